The third-order valence-electron chi connectivity index (χ3n) is 5.49. The molecule has 0 radical (unpaired) electrons. The average molecular weight is 384 g/mol. The number of aliphatic carboxylic acids is 1. The number of carbonyl (C=O) groups is 1. The third kappa shape index (κ3) is 3.46. The van der Waals surface area contributed by atoms with Gasteiger partial charge in [-0.1, -0.05) is 37.6 Å². The van der Waals surface area contributed by atoms with E-state index in [1.165, 1.54) is 0 Å². The molecule has 0 spiro atoms. The second kappa shape index (κ2) is 7.63. The number of benzene rings is 2. The van der Waals surface area contributed by atoms with Crippen LogP contribution >= 0.6 is 0 Å². The van der Waals surface area contributed by atoms with Crippen LogP contribution in [0, 0.1) is 13.8 Å². The molecule has 4 aromatic rings. The highest BCUT2D eigenvalue weighted by atomic mass is 16.4. The predicted octanol–water partition coefficient (Wildman–Crippen LogP) is 6.04. The van der Waals surface area contributed by atoms with Gasteiger partial charge in [-0.15, -0.1) is 0 Å². The van der Waals surface area contributed by atoms with Gasteiger partial charge in [-0.2, -0.15) is 0 Å². The first kappa shape index (κ1) is 19.1. The fourth-order valence-corrected chi connectivity index (χ4v) is 4.21. The Labute approximate surface area is 170 Å². The maximum atomic E-state index is 12.2. The van der Waals surface area contributed by atoms with Crippen molar-refractivity contribution in [3.05, 3.63) is 71.7 Å². The minimum Gasteiger partial charge on any atom is -0.481 e. The van der Waals surface area contributed by atoms with Crippen molar-refractivity contribution in [2.24, 2.45) is 0 Å². The van der Waals surface area contributed by atoms with Crippen molar-refractivity contribution in [3.8, 4) is 11.1 Å². The number of nitrogens with zero attached hydrogens (tertiary/aromatic N) is 2. The molecule has 29 heavy (non-hydrogen) atoms. The summed E-state index contributed by atoms with van der Waals surface area (Å²) in [6.45, 7) is 5.89. The molecule has 0 aliphatic heterocycles. The lowest BCUT2D eigenvalue weighted by Gasteiger charge is -2.21. The van der Waals surface area contributed by atoms with Gasteiger partial charge in [-0.05, 0) is 72.0 Å². The van der Waals surface area contributed by atoms with Gasteiger partial charge in [0.2, 0.25) is 0 Å². The molecule has 0 aliphatic carbocycles. The van der Waals surface area contributed by atoms with E-state index in [4.69, 9.17) is 4.98 Å². The topological polar surface area (TPSA) is 63.1 Å². The Kier molecular flexibility index (Phi) is 5.01. The molecule has 0 saturated heterocycles. The standard InChI is InChI=1S/C25H24N2O2/c1-4-7-20(25(28)29)23-16(3)27-22-14-18-9-6-5-8-17(18)13-21(22)24(23)19-10-11-26-15(2)12-19/h5-6,8-14,20H,4,7H2,1-3H3,(H,28,29). The van der Waals surface area contributed by atoms with E-state index in [1.807, 2.05) is 45.0 Å². The zero-order chi connectivity index (χ0) is 20.5. The van der Waals surface area contributed by atoms with Gasteiger partial charge < -0.3 is 5.11 Å². The lowest BCUT2D eigenvalue weighted by molar-refractivity contribution is -0.139. The van der Waals surface area contributed by atoms with Gasteiger partial charge in [0.05, 0.1) is 11.4 Å². The Bertz CT molecular complexity index is 1230. The number of fused-ring (bicyclic) bond motifs is 2. The van der Waals surface area contributed by atoms with Crippen molar-refractivity contribution in [1.29, 1.82) is 0 Å². The van der Waals surface area contributed by atoms with E-state index in [0.717, 1.165) is 56.2 Å². The normalized spacial score (nSPS) is 12.4. The maximum Gasteiger partial charge on any atom is 0.311 e. The molecule has 2 aromatic heterocycles. The van der Waals surface area contributed by atoms with Crippen LogP contribution in [0.15, 0.2) is 54.7 Å². The number of hydrogen-bond acceptors (Lipinski definition) is 3. The van der Waals surface area contributed by atoms with E-state index in [9.17, 15) is 9.90 Å². The summed E-state index contributed by atoms with van der Waals surface area (Å²) in [6.07, 6.45) is 3.15. The summed E-state index contributed by atoms with van der Waals surface area (Å²) in [5, 5.41) is 13.2. The van der Waals surface area contributed by atoms with E-state index in [0.29, 0.717) is 6.42 Å². The molecule has 4 nitrogen and oxygen atoms in total. The Morgan fingerprint density at radius 2 is 1.79 bits per heavy atom. The number of rotatable bonds is 5. The predicted molar refractivity (Wildman–Crippen MR) is 117 cm³/mol. The summed E-state index contributed by atoms with van der Waals surface area (Å²) in [5.74, 6) is -1.39. The van der Waals surface area contributed by atoms with Crippen LogP contribution in [0.4, 0.5) is 0 Å². The van der Waals surface area contributed by atoms with Crippen molar-refractivity contribution in [3.63, 3.8) is 0 Å². The van der Waals surface area contributed by atoms with Gasteiger partial charge in [0.25, 0.3) is 0 Å². The highest BCUT2D eigenvalue weighted by Crippen LogP contribution is 2.40. The summed E-state index contributed by atoms with van der Waals surface area (Å²) in [4.78, 5) is 21.4. The summed E-state index contributed by atoms with van der Waals surface area (Å²) in [7, 11) is 0. The Balaban J connectivity index is 2.15. The molecule has 1 atom stereocenters. The number of carboxylic acids is 1. The molecule has 1 unspecified atom stereocenters. The molecule has 1 N–H and O–H groups in total. The summed E-state index contributed by atoms with van der Waals surface area (Å²) in [6, 6.07) is 16.4. The highest BCUT2D eigenvalue weighted by Gasteiger charge is 2.27. The van der Waals surface area contributed by atoms with E-state index >= 15 is 0 Å². The smallest absolute Gasteiger partial charge is 0.311 e. The van der Waals surface area contributed by atoms with Gasteiger partial charge in [0.1, 0.15) is 0 Å². The first-order chi connectivity index (χ1) is 14.0. The van der Waals surface area contributed by atoms with E-state index in [2.05, 4.69) is 29.2 Å². The lowest BCUT2D eigenvalue weighted by Crippen LogP contribution is -2.15. The molecule has 0 amide bonds. The van der Waals surface area contributed by atoms with E-state index < -0.39 is 11.9 Å². The number of aromatic nitrogens is 2. The Morgan fingerprint density at radius 3 is 2.45 bits per heavy atom. The summed E-state index contributed by atoms with van der Waals surface area (Å²) >= 11 is 0. The number of carboxylic acid groups (broad SMARTS) is 1. The summed E-state index contributed by atoms with van der Waals surface area (Å²) < 4.78 is 0. The van der Waals surface area contributed by atoms with Crippen molar-refractivity contribution in [2.45, 2.75) is 39.5 Å². The van der Waals surface area contributed by atoms with Crippen molar-refractivity contribution in [2.75, 3.05) is 0 Å². The van der Waals surface area contributed by atoms with Crippen LogP contribution in [-0.4, -0.2) is 21.0 Å². The van der Waals surface area contributed by atoms with Gasteiger partial charge in [0.15, 0.2) is 0 Å². The molecular formula is C25H24N2O2. The first-order valence-corrected chi connectivity index (χ1v) is 9.98. The zero-order valence-electron chi connectivity index (χ0n) is 16.9. The molecule has 2 heterocycles. The van der Waals surface area contributed by atoms with Crippen molar-refractivity contribution < 1.29 is 9.90 Å². The minimum absolute atomic E-state index is 0.577. The van der Waals surface area contributed by atoms with Crippen molar-refractivity contribution in [1.82, 2.24) is 9.97 Å². The van der Waals surface area contributed by atoms with Crippen LogP contribution in [0.1, 0.15) is 42.6 Å². The fourth-order valence-electron chi connectivity index (χ4n) is 4.21. The lowest BCUT2D eigenvalue weighted by atomic mass is 9.84. The van der Waals surface area contributed by atoms with Crippen LogP contribution in [0.5, 0.6) is 0 Å². The van der Waals surface area contributed by atoms with Crippen LogP contribution in [0.3, 0.4) is 0 Å². The highest BCUT2D eigenvalue weighted by molar-refractivity contribution is 6.05. The van der Waals surface area contributed by atoms with Crippen LogP contribution < -0.4 is 0 Å². The number of aryl methyl sites for hydroxylation is 2. The summed E-state index contributed by atoms with van der Waals surface area (Å²) in [5.41, 5.74) is 5.32. The zero-order valence-corrected chi connectivity index (χ0v) is 16.9. The van der Waals surface area contributed by atoms with E-state index in [1.54, 1.807) is 6.20 Å². The Morgan fingerprint density at radius 1 is 1.07 bits per heavy atom. The van der Waals surface area contributed by atoms with Crippen LogP contribution in [-0.2, 0) is 4.79 Å². The molecule has 4 heteroatoms. The number of pyridine rings is 2. The first-order valence-electron chi connectivity index (χ1n) is 9.98. The van der Waals surface area contributed by atoms with Gasteiger partial charge in [-0.25, -0.2) is 0 Å². The molecule has 0 bridgehead atoms. The fraction of sp³-hybridized carbons (Fsp3) is 0.240. The minimum atomic E-state index is -0.802. The maximum absolute atomic E-state index is 12.2. The molecular weight excluding hydrogens is 360 g/mol. The quantitative estimate of drug-likeness (QED) is 0.426. The van der Waals surface area contributed by atoms with Crippen molar-refractivity contribution >= 4 is 27.6 Å². The van der Waals surface area contributed by atoms with Crippen LogP contribution in [0.25, 0.3) is 32.8 Å². The monoisotopic (exact) mass is 384 g/mol. The average Bonchev–Trinajstić information content (AvgIpc) is 2.70. The molecule has 0 fully saturated rings. The molecule has 0 aliphatic rings. The van der Waals surface area contributed by atoms with E-state index in [-0.39, 0.29) is 0 Å². The second-order valence-electron chi connectivity index (χ2n) is 7.57. The van der Waals surface area contributed by atoms with Gasteiger partial charge in [0, 0.05) is 23.0 Å². The molecule has 0 saturated carbocycles. The SMILES string of the molecule is CCCC(C(=O)O)c1c(C)nc2cc3ccccc3cc2c1-c1ccnc(C)c1. The molecule has 2 aromatic carbocycles. The van der Waals surface area contributed by atoms with Gasteiger partial charge in [-0.3, -0.25) is 14.8 Å². The molecule has 146 valence electrons. The largest absolute Gasteiger partial charge is 0.481 e. The van der Waals surface area contributed by atoms with Crippen LogP contribution in [0.2, 0.25) is 0 Å². The molecule has 4 rings (SSSR count). The second-order valence-corrected chi connectivity index (χ2v) is 7.57. The number of hydrogen-bond donors (Lipinski definition) is 1. The third-order valence-corrected chi connectivity index (χ3v) is 5.49. The van der Waals surface area contributed by atoms with Gasteiger partial charge >= 0.3 is 5.97 Å². The Hall–Kier alpha value is -3.27.